The predicted octanol–water partition coefficient (Wildman–Crippen LogP) is 4.92. The molecule has 3 N–H and O–H groups in total. The van der Waals surface area contributed by atoms with Gasteiger partial charge in [0.15, 0.2) is 0 Å². The quantitative estimate of drug-likeness (QED) is 0.489. The highest BCUT2D eigenvalue weighted by molar-refractivity contribution is 9.13. The molecule has 2 aromatic rings. The third kappa shape index (κ3) is 3.86. The van der Waals surface area contributed by atoms with Crippen LogP contribution in [0.15, 0.2) is 37.0 Å². The van der Waals surface area contributed by atoms with Gasteiger partial charge in [-0.15, -0.1) is 11.3 Å². The zero-order valence-electron chi connectivity index (χ0n) is 9.59. The highest BCUT2D eigenvalue weighted by atomic mass is 79.9. The first-order valence-electron chi connectivity index (χ1n) is 5.36. The molecule has 1 aromatic carbocycles. The number of halogens is 4. The Hall–Kier alpha value is 0.210. The zero-order chi connectivity index (χ0) is 14.0. The summed E-state index contributed by atoms with van der Waals surface area (Å²) < 4.78 is 16.2. The molecular formula is C12H10Br3FN2S. The van der Waals surface area contributed by atoms with Gasteiger partial charge in [-0.3, -0.25) is 11.3 Å². The minimum absolute atomic E-state index is 0.0642. The predicted molar refractivity (Wildman–Crippen MR) is 87.6 cm³/mol. The van der Waals surface area contributed by atoms with Gasteiger partial charge in [-0.05, 0) is 68.1 Å². The minimum atomic E-state index is -0.248. The van der Waals surface area contributed by atoms with Crippen LogP contribution >= 0.6 is 59.1 Å². The molecule has 0 amide bonds. The topological polar surface area (TPSA) is 38.0 Å². The Morgan fingerprint density at radius 1 is 1.21 bits per heavy atom. The van der Waals surface area contributed by atoms with Gasteiger partial charge in [-0.2, -0.15) is 0 Å². The minimum Gasteiger partial charge on any atom is -0.271 e. The summed E-state index contributed by atoms with van der Waals surface area (Å²) >= 11 is 11.9. The van der Waals surface area contributed by atoms with E-state index in [0.29, 0.717) is 6.42 Å². The molecule has 1 atom stereocenters. The Balaban J connectivity index is 2.26. The van der Waals surface area contributed by atoms with Crippen LogP contribution in [0.4, 0.5) is 4.39 Å². The van der Waals surface area contributed by atoms with E-state index in [1.807, 2.05) is 6.07 Å². The largest absolute Gasteiger partial charge is 0.271 e. The van der Waals surface area contributed by atoms with Crippen molar-refractivity contribution in [2.45, 2.75) is 12.5 Å². The summed E-state index contributed by atoms with van der Waals surface area (Å²) in [5.74, 6) is 5.37. The van der Waals surface area contributed by atoms with Crippen molar-refractivity contribution in [2.75, 3.05) is 0 Å². The van der Waals surface area contributed by atoms with E-state index in [0.717, 1.165) is 23.2 Å². The Morgan fingerprint density at radius 3 is 2.53 bits per heavy atom. The second-order valence-corrected chi connectivity index (χ2v) is 8.04. The SMILES string of the molecule is NNC(Cc1cc(F)ccc1Br)c1cc(Br)c(Br)s1. The van der Waals surface area contributed by atoms with Gasteiger partial charge in [0.05, 0.1) is 9.83 Å². The van der Waals surface area contributed by atoms with Crippen LogP contribution in [0, 0.1) is 5.82 Å². The maximum absolute atomic E-state index is 13.3. The molecule has 7 heteroatoms. The van der Waals surface area contributed by atoms with Gasteiger partial charge >= 0.3 is 0 Å². The average Bonchev–Trinajstić information content (AvgIpc) is 2.70. The van der Waals surface area contributed by atoms with E-state index in [1.165, 1.54) is 12.1 Å². The fraction of sp³-hybridized carbons (Fsp3) is 0.167. The van der Waals surface area contributed by atoms with Gasteiger partial charge in [0.1, 0.15) is 5.82 Å². The standard InChI is InChI=1S/C12H10Br3FN2S/c13-8-2-1-7(16)3-6(8)4-10(18-17)11-5-9(14)12(15)19-11/h1-3,5,10,18H,4,17H2. The van der Waals surface area contributed by atoms with Crippen LogP contribution in [-0.2, 0) is 6.42 Å². The molecule has 1 heterocycles. The summed E-state index contributed by atoms with van der Waals surface area (Å²) in [6.45, 7) is 0. The molecule has 0 spiro atoms. The number of hydrazine groups is 1. The molecule has 2 rings (SSSR count). The molecule has 0 bridgehead atoms. The van der Waals surface area contributed by atoms with Crippen molar-refractivity contribution in [1.82, 2.24) is 5.43 Å². The van der Waals surface area contributed by atoms with E-state index in [9.17, 15) is 4.39 Å². The molecule has 0 radical (unpaired) electrons. The van der Waals surface area contributed by atoms with Gasteiger partial charge in [0, 0.05) is 13.8 Å². The van der Waals surface area contributed by atoms with Crippen molar-refractivity contribution in [2.24, 2.45) is 5.84 Å². The number of rotatable bonds is 4. The first-order chi connectivity index (χ1) is 9.01. The van der Waals surface area contributed by atoms with E-state index in [-0.39, 0.29) is 11.9 Å². The summed E-state index contributed by atoms with van der Waals surface area (Å²) in [5.41, 5.74) is 3.66. The van der Waals surface area contributed by atoms with Gasteiger partial charge in [-0.1, -0.05) is 15.9 Å². The molecule has 19 heavy (non-hydrogen) atoms. The third-order valence-corrected chi connectivity index (χ3v) is 6.78. The van der Waals surface area contributed by atoms with Crippen molar-refractivity contribution in [1.29, 1.82) is 0 Å². The maximum atomic E-state index is 13.3. The molecule has 1 unspecified atom stereocenters. The number of hydrogen-bond donors (Lipinski definition) is 2. The molecule has 0 saturated heterocycles. The van der Waals surface area contributed by atoms with Crippen molar-refractivity contribution in [3.63, 3.8) is 0 Å². The summed E-state index contributed by atoms with van der Waals surface area (Å²) in [7, 11) is 0. The van der Waals surface area contributed by atoms with Gasteiger partial charge in [-0.25, -0.2) is 4.39 Å². The number of thiophene rings is 1. The fourth-order valence-corrected chi connectivity index (χ4v) is 4.25. The monoisotopic (exact) mass is 470 g/mol. The molecule has 0 fully saturated rings. The van der Waals surface area contributed by atoms with E-state index in [1.54, 1.807) is 17.4 Å². The fourth-order valence-electron chi connectivity index (χ4n) is 1.70. The van der Waals surface area contributed by atoms with Crippen LogP contribution in [0.25, 0.3) is 0 Å². The number of hydrogen-bond acceptors (Lipinski definition) is 3. The molecule has 1 aromatic heterocycles. The van der Waals surface area contributed by atoms with Crippen molar-refractivity contribution < 1.29 is 4.39 Å². The van der Waals surface area contributed by atoms with Crippen LogP contribution < -0.4 is 11.3 Å². The number of benzene rings is 1. The molecule has 0 aliphatic carbocycles. The van der Waals surface area contributed by atoms with Crippen LogP contribution in [0.1, 0.15) is 16.5 Å². The summed E-state index contributed by atoms with van der Waals surface area (Å²) in [4.78, 5) is 1.08. The lowest BCUT2D eigenvalue weighted by atomic mass is 10.1. The van der Waals surface area contributed by atoms with Gasteiger partial charge in [0.2, 0.25) is 0 Å². The Kier molecular flexibility index (Phi) is 5.56. The first-order valence-corrected chi connectivity index (χ1v) is 8.55. The lowest BCUT2D eigenvalue weighted by Gasteiger charge is -2.15. The number of nitrogens with two attached hydrogens (primary N) is 1. The third-order valence-electron chi connectivity index (χ3n) is 2.64. The Morgan fingerprint density at radius 2 is 1.95 bits per heavy atom. The van der Waals surface area contributed by atoms with Crippen LogP contribution in [-0.4, -0.2) is 0 Å². The maximum Gasteiger partial charge on any atom is 0.123 e. The summed E-state index contributed by atoms with van der Waals surface area (Å²) in [6, 6.07) is 6.60. The van der Waals surface area contributed by atoms with Crippen molar-refractivity contribution in [3.05, 3.63) is 53.3 Å². The number of nitrogens with one attached hydrogen (secondary N) is 1. The smallest absolute Gasteiger partial charge is 0.123 e. The summed E-state index contributed by atoms with van der Waals surface area (Å²) in [5, 5.41) is 0. The van der Waals surface area contributed by atoms with Crippen LogP contribution in [0.2, 0.25) is 0 Å². The molecule has 0 aliphatic heterocycles. The second kappa shape index (κ2) is 6.78. The van der Waals surface area contributed by atoms with Crippen LogP contribution in [0.5, 0.6) is 0 Å². The molecule has 2 nitrogen and oxygen atoms in total. The van der Waals surface area contributed by atoms with Crippen molar-refractivity contribution in [3.8, 4) is 0 Å². The van der Waals surface area contributed by atoms with E-state index in [2.05, 4.69) is 53.2 Å². The molecule has 102 valence electrons. The Labute approximate surface area is 139 Å². The van der Waals surface area contributed by atoms with Crippen molar-refractivity contribution >= 4 is 59.1 Å². The molecule has 0 aliphatic rings. The highest BCUT2D eigenvalue weighted by Gasteiger charge is 2.16. The molecular weight excluding hydrogens is 463 g/mol. The van der Waals surface area contributed by atoms with E-state index < -0.39 is 0 Å². The Bertz CT molecular complexity index is 569. The van der Waals surface area contributed by atoms with Gasteiger partial charge in [0.25, 0.3) is 0 Å². The normalized spacial score (nSPS) is 12.7. The first kappa shape index (κ1) is 15.6. The summed E-state index contributed by atoms with van der Waals surface area (Å²) in [6.07, 6.45) is 0.605. The van der Waals surface area contributed by atoms with Crippen LogP contribution in [0.3, 0.4) is 0 Å². The van der Waals surface area contributed by atoms with E-state index in [4.69, 9.17) is 5.84 Å². The highest BCUT2D eigenvalue weighted by Crippen LogP contribution is 2.36. The molecule has 0 saturated carbocycles. The average molecular weight is 473 g/mol. The lowest BCUT2D eigenvalue weighted by Crippen LogP contribution is -2.29. The second-order valence-electron chi connectivity index (χ2n) is 3.93. The van der Waals surface area contributed by atoms with Gasteiger partial charge < -0.3 is 0 Å². The lowest BCUT2D eigenvalue weighted by molar-refractivity contribution is 0.555. The van der Waals surface area contributed by atoms with E-state index >= 15 is 0 Å². The zero-order valence-corrected chi connectivity index (χ0v) is 15.2.